The van der Waals surface area contributed by atoms with E-state index in [1.807, 2.05) is 0 Å². The molecule has 3 aromatic rings. The molecule has 3 rings (SSSR count). The molecule has 2 aromatic carbocycles. The zero-order valence-electron chi connectivity index (χ0n) is 17.1. The molecule has 0 bridgehead atoms. The van der Waals surface area contributed by atoms with Crippen LogP contribution < -0.4 is 14.8 Å². The van der Waals surface area contributed by atoms with E-state index in [9.17, 15) is 19.7 Å². The number of benzene rings is 2. The molecule has 0 radical (unpaired) electrons. The van der Waals surface area contributed by atoms with Gasteiger partial charge in [0.2, 0.25) is 5.91 Å². The molecule has 1 heterocycles. The van der Waals surface area contributed by atoms with Crippen molar-refractivity contribution in [2.45, 2.75) is 13.0 Å². The van der Waals surface area contributed by atoms with Gasteiger partial charge in [0.15, 0.2) is 18.2 Å². The Balaban J connectivity index is 1.62. The molecule has 1 aromatic heterocycles. The Morgan fingerprint density at radius 2 is 1.94 bits per heavy atom. The summed E-state index contributed by atoms with van der Waals surface area (Å²) >= 11 is 0. The maximum Gasteiger partial charge on any atom is 0.338 e. The lowest BCUT2D eigenvalue weighted by Crippen LogP contribution is -2.15. The quantitative estimate of drug-likeness (QED) is 0.297. The number of ether oxygens (including phenoxy) is 3. The van der Waals surface area contributed by atoms with E-state index in [1.165, 1.54) is 26.4 Å². The minimum absolute atomic E-state index is 0.00712. The molecule has 0 atom stereocenters. The molecule has 0 saturated heterocycles. The fourth-order valence-corrected chi connectivity index (χ4v) is 2.67. The van der Waals surface area contributed by atoms with Crippen molar-refractivity contribution >= 4 is 23.3 Å². The second-order valence-corrected chi connectivity index (χ2v) is 6.25. The van der Waals surface area contributed by atoms with E-state index in [0.29, 0.717) is 11.4 Å². The van der Waals surface area contributed by atoms with Crippen LogP contribution in [0.15, 0.2) is 47.0 Å². The summed E-state index contributed by atoms with van der Waals surface area (Å²) in [6.45, 7) is -0.278. The summed E-state index contributed by atoms with van der Waals surface area (Å²) in [6.07, 6.45) is -0.171. The third kappa shape index (κ3) is 5.36. The van der Waals surface area contributed by atoms with E-state index >= 15 is 0 Å². The first-order valence-electron chi connectivity index (χ1n) is 9.15. The molecule has 0 aliphatic heterocycles. The Bertz CT molecular complexity index is 1140. The summed E-state index contributed by atoms with van der Waals surface area (Å²) in [5.41, 5.74) is 0.0753. The number of aromatic nitrogens is 2. The summed E-state index contributed by atoms with van der Waals surface area (Å²) < 4.78 is 20.1. The van der Waals surface area contributed by atoms with Crippen molar-refractivity contribution in [2.75, 3.05) is 19.5 Å². The maximum atomic E-state index is 12.2. The lowest BCUT2D eigenvalue weighted by molar-refractivity contribution is -0.386. The topological polar surface area (TPSA) is 156 Å². The SMILES string of the molecule is COC(=O)c1ccc(OCc2nc(CC(=O)Nc3ccccc3OC)no2)c([N+](=O)[O-])c1. The molecular formula is C20H18N4O8. The van der Waals surface area contributed by atoms with Gasteiger partial charge in [0, 0.05) is 6.07 Å². The molecule has 1 amide bonds. The van der Waals surface area contributed by atoms with E-state index in [1.54, 1.807) is 24.3 Å². The van der Waals surface area contributed by atoms with Gasteiger partial charge in [-0.25, -0.2) is 4.79 Å². The van der Waals surface area contributed by atoms with Gasteiger partial charge in [-0.1, -0.05) is 17.3 Å². The first-order chi connectivity index (χ1) is 15.4. The second-order valence-electron chi connectivity index (χ2n) is 6.25. The summed E-state index contributed by atoms with van der Waals surface area (Å²) in [4.78, 5) is 38.4. The minimum Gasteiger partial charge on any atom is -0.495 e. The largest absolute Gasteiger partial charge is 0.495 e. The van der Waals surface area contributed by atoms with Crippen molar-refractivity contribution in [3.05, 3.63) is 69.9 Å². The van der Waals surface area contributed by atoms with Crippen molar-refractivity contribution in [1.82, 2.24) is 10.1 Å². The number of hydrogen-bond donors (Lipinski definition) is 1. The Morgan fingerprint density at radius 1 is 1.16 bits per heavy atom. The Hall–Kier alpha value is -4.48. The number of nitrogens with zero attached hydrogens (tertiary/aromatic N) is 3. The van der Waals surface area contributed by atoms with Crippen LogP contribution >= 0.6 is 0 Å². The molecule has 166 valence electrons. The summed E-state index contributed by atoms with van der Waals surface area (Å²) in [7, 11) is 2.66. The second kappa shape index (κ2) is 10.0. The average molecular weight is 442 g/mol. The predicted molar refractivity (Wildman–Crippen MR) is 108 cm³/mol. The number of nitrogens with one attached hydrogen (secondary N) is 1. The van der Waals surface area contributed by atoms with Crippen LogP contribution in [0.25, 0.3) is 0 Å². The zero-order valence-corrected chi connectivity index (χ0v) is 17.1. The van der Waals surface area contributed by atoms with Crippen LogP contribution in [0, 0.1) is 10.1 Å². The van der Waals surface area contributed by atoms with Crippen LogP contribution in [-0.2, 0) is 22.6 Å². The van der Waals surface area contributed by atoms with Gasteiger partial charge in [-0.3, -0.25) is 14.9 Å². The van der Waals surface area contributed by atoms with E-state index in [4.69, 9.17) is 14.0 Å². The number of hydrogen-bond acceptors (Lipinski definition) is 10. The molecule has 1 N–H and O–H groups in total. The highest BCUT2D eigenvalue weighted by Crippen LogP contribution is 2.29. The number of esters is 1. The molecule has 12 nitrogen and oxygen atoms in total. The van der Waals surface area contributed by atoms with Crippen molar-refractivity contribution < 1.29 is 33.2 Å². The van der Waals surface area contributed by atoms with Crippen LogP contribution in [0.1, 0.15) is 22.1 Å². The van der Waals surface area contributed by atoms with Gasteiger partial charge < -0.3 is 24.1 Å². The highest BCUT2D eigenvalue weighted by Gasteiger charge is 2.20. The normalized spacial score (nSPS) is 10.3. The number of rotatable bonds is 9. The van der Waals surface area contributed by atoms with Crippen molar-refractivity contribution in [3.63, 3.8) is 0 Å². The molecule has 0 aliphatic rings. The first-order valence-corrected chi connectivity index (χ1v) is 9.15. The lowest BCUT2D eigenvalue weighted by Gasteiger charge is -2.08. The number of carbonyl (C=O) groups is 2. The van der Waals surface area contributed by atoms with Crippen LogP contribution in [0.5, 0.6) is 11.5 Å². The van der Waals surface area contributed by atoms with E-state index in [-0.39, 0.29) is 36.1 Å². The third-order valence-electron chi connectivity index (χ3n) is 4.14. The lowest BCUT2D eigenvalue weighted by atomic mass is 10.2. The van der Waals surface area contributed by atoms with Gasteiger partial charge in [0.25, 0.3) is 5.89 Å². The Labute approximate surface area is 181 Å². The maximum absolute atomic E-state index is 12.2. The van der Waals surface area contributed by atoms with Crippen LogP contribution in [-0.4, -0.2) is 41.2 Å². The predicted octanol–water partition coefficient (Wildman–Crippen LogP) is 2.53. The number of para-hydroxylation sites is 2. The smallest absolute Gasteiger partial charge is 0.338 e. The molecule has 0 aliphatic carbocycles. The van der Waals surface area contributed by atoms with E-state index < -0.39 is 22.5 Å². The molecule has 0 fully saturated rings. The molecular weight excluding hydrogens is 424 g/mol. The number of amides is 1. The number of methoxy groups -OCH3 is 2. The number of nitro benzene ring substituents is 1. The molecule has 0 spiro atoms. The number of carbonyl (C=O) groups excluding carboxylic acids is 2. The average Bonchev–Trinajstić information content (AvgIpc) is 3.24. The van der Waals surface area contributed by atoms with Gasteiger partial charge in [-0.15, -0.1) is 0 Å². The van der Waals surface area contributed by atoms with Gasteiger partial charge >= 0.3 is 11.7 Å². The highest BCUT2D eigenvalue weighted by molar-refractivity contribution is 5.93. The van der Waals surface area contributed by atoms with Gasteiger partial charge in [-0.2, -0.15) is 4.98 Å². The molecule has 0 saturated carbocycles. The Kier molecular flexibility index (Phi) is 6.95. The fraction of sp³-hybridized carbons (Fsp3) is 0.200. The van der Waals surface area contributed by atoms with Crippen LogP contribution in [0.4, 0.5) is 11.4 Å². The molecule has 0 unspecified atom stereocenters. The van der Waals surface area contributed by atoms with Crippen molar-refractivity contribution in [3.8, 4) is 11.5 Å². The zero-order chi connectivity index (χ0) is 23.1. The summed E-state index contributed by atoms with van der Waals surface area (Å²) in [5, 5.41) is 17.7. The monoisotopic (exact) mass is 442 g/mol. The number of anilines is 1. The van der Waals surface area contributed by atoms with Gasteiger partial charge in [0.05, 0.1) is 36.8 Å². The van der Waals surface area contributed by atoms with E-state index in [2.05, 4.69) is 20.2 Å². The summed E-state index contributed by atoms with van der Waals surface area (Å²) in [6, 6.07) is 10.5. The van der Waals surface area contributed by atoms with Gasteiger partial charge in [-0.05, 0) is 24.3 Å². The minimum atomic E-state index is -0.715. The molecule has 12 heteroatoms. The fourth-order valence-electron chi connectivity index (χ4n) is 2.67. The standard InChI is InChI=1S/C20H18N4O8/c1-29-15-6-4-3-5-13(15)21-18(25)10-17-22-19(32-23-17)11-31-16-8-7-12(20(26)30-2)9-14(16)24(27)28/h3-9H,10-11H2,1-2H3,(H,21,25). The van der Waals surface area contributed by atoms with Gasteiger partial charge in [0.1, 0.15) is 5.75 Å². The third-order valence-corrected chi connectivity index (χ3v) is 4.14. The highest BCUT2D eigenvalue weighted by atomic mass is 16.6. The van der Waals surface area contributed by atoms with Crippen molar-refractivity contribution in [1.29, 1.82) is 0 Å². The van der Waals surface area contributed by atoms with Crippen LogP contribution in [0.2, 0.25) is 0 Å². The van der Waals surface area contributed by atoms with E-state index in [0.717, 1.165) is 6.07 Å². The summed E-state index contributed by atoms with van der Waals surface area (Å²) in [5.74, 6) is -0.591. The first kappa shape index (κ1) is 22.2. The van der Waals surface area contributed by atoms with Crippen molar-refractivity contribution in [2.24, 2.45) is 0 Å². The molecule has 32 heavy (non-hydrogen) atoms. The Morgan fingerprint density at radius 3 is 2.66 bits per heavy atom. The number of nitro groups is 1. The van der Waals surface area contributed by atoms with Crippen LogP contribution in [0.3, 0.4) is 0 Å².